The lowest BCUT2D eigenvalue weighted by Gasteiger charge is -2.13. The number of nitrogens with one attached hydrogen (secondary N) is 1. The van der Waals surface area contributed by atoms with Crippen LogP contribution in [0.4, 0.5) is 0 Å². The average Bonchev–Trinajstić information content (AvgIpc) is 3.09. The number of carbonyl (C=O) groups excluding carboxylic acids is 2. The summed E-state index contributed by atoms with van der Waals surface area (Å²) >= 11 is 0. The van der Waals surface area contributed by atoms with Crippen LogP contribution >= 0.6 is 0 Å². The number of carbonyl (C=O) groups is 2. The van der Waals surface area contributed by atoms with Gasteiger partial charge in [0.05, 0.1) is 0 Å². The standard InChI is InChI=1S/C21H21N3O5/c1-15(19(26)22-13-12-16-8-4-2-5-9-16)28-18(25)14-24-21(27)29-20(23-24)17-10-6-3-7-11-17/h2-11,15H,12-14H2,1H3,(H,22,26)/t15-/m1/s1. The van der Waals surface area contributed by atoms with Crippen molar-refractivity contribution in [3.05, 3.63) is 76.8 Å². The van der Waals surface area contributed by atoms with Gasteiger partial charge in [-0.3, -0.25) is 9.59 Å². The third-order valence-electron chi connectivity index (χ3n) is 4.14. The minimum Gasteiger partial charge on any atom is -0.451 e. The van der Waals surface area contributed by atoms with Gasteiger partial charge in [-0.25, -0.2) is 4.79 Å². The van der Waals surface area contributed by atoms with Crippen LogP contribution in [-0.4, -0.2) is 34.3 Å². The van der Waals surface area contributed by atoms with Crippen LogP contribution in [0.1, 0.15) is 12.5 Å². The van der Waals surface area contributed by atoms with Crippen LogP contribution < -0.4 is 11.1 Å². The molecule has 2 aromatic carbocycles. The summed E-state index contributed by atoms with van der Waals surface area (Å²) in [5, 5.41) is 6.71. The summed E-state index contributed by atoms with van der Waals surface area (Å²) in [7, 11) is 0. The van der Waals surface area contributed by atoms with E-state index in [0.717, 1.165) is 10.2 Å². The van der Waals surface area contributed by atoms with Crippen LogP contribution in [0.3, 0.4) is 0 Å². The molecule has 0 bridgehead atoms. The molecular weight excluding hydrogens is 374 g/mol. The maximum Gasteiger partial charge on any atom is 0.437 e. The molecule has 0 saturated carbocycles. The molecule has 1 heterocycles. The Hall–Kier alpha value is -3.68. The van der Waals surface area contributed by atoms with E-state index >= 15 is 0 Å². The summed E-state index contributed by atoms with van der Waals surface area (Å²) in [6.45, 7) is 1.45. The van der Waals surface area contributed by atoms with Gasteiger partial charge in [-0.1, -0.05) is 48.5 Å². The molecule has 0 fully saturated rings. The van der Waals surface area contributed by atoms with Gasteiger partial charge >= 0.3 is 11.7 Å². The third-order valence-corrected chi connectivity index (χ3v) is 4.14. The maximum absolute atomic E-state index is 12.1. The van der Waals surface area contributed by atoms with Crippen molar-refractivity contribution in [3.8, 4) is 11.5 Å². The Labute approximate surface area is 167 Å². The zero-order valence-corrected chi connectivity index (χ0v) is 15.9. The highest BCUT2D eigenvalue weighted by Crippen LogP contribution is 2.13. The summed E-state index contributed by atoms with van der Waals surface area (Å²) in [6, 6.07) is 18.6. The molecule has 0 aliphatic rings. The Bertz CT molecular complexity index is 1010. The smallest absolute Gasteiger partial charge is 0.437 e. The van der Waals surface area contributed by atoms with E-state index in [4.69, 9.17) is 9.15 Å². The molecule has 3 aromatic rings. The van der Waals surface area contributed by atoms with Gasteiger partial charge in [-0.15, -0.1) is 5.10 Å². The van der Waals surface area contributed by atoms with Crippen molar-refractivity contribution >= 4 is 11.9 Å². The number of benzene rings is 2. The Morgan fingerprint density at radius 1 is 1.10 bits per heavy atom. The van der Waals surface area contributed by atoms with E-state index < -0.39 is 30.3 Å². The average molecular weight is 395 g/mol. The van der Waals surface area contributed by atoms with Crippen LogP contribution in [0.5, 0.6) is 0 Å². The quantitative estimate of drug-likeness (QED) is 0.583. The number of rotatable bonds is 8. The Morgan fingerprint density at radius 2 is 1.76 bits per heavy atom. The molecule has 3 rings (SSSR count). The molecule has 0 aliphatic heterocycles. The van der Waals surface area contributed by atoms with Gasteiger partial charge in [0.2, 0.25) is 5.89 Å². The van der Waals surface area contributed by atoms with Crippen LogP contribution in [0.2, 0.25) is 0 Å². The van der Waals surface area contributed by atoms with Gasteiger partial charge in [0, 0.05) is 12.1 Å². The predicted octanol–water partition coefficient (Wildman–Crippen LogP) is 1.79. The molecule has 1 aromatic heterocycles. The first kappa shape index (κ1) is 20.1. The molecule has 0 radical (unpaired) electrons. The molecular formula is C21H21N3O5. The Kier molecular flexibility index (Phi) is 6.57. The topological polar surface area (TPSA) is 103 Å². The summed E-state index contributed by atoms with van der Waals surface area (Å²) in [4.78, 5) is 36.1. The lowest BCUT2D eigenvalue weighted by Crippen LogP contribution is -2.38. The monoisotopic (exact) mass is 395 g/mol. The molecule has 8 nitrogen and oxygen atoms in total. The lowest BCUT2D eigenvalue weighted by atomic mass is 10.1. The van der Waals surface area contributed by atoms with E-state index in [0.29, 0.717) is 18.5 Å². The summed E-state index contributed by atoms with van der Waals surface area (Å²) in [5.41, 5.74) is 1.71. The molecule has 1 N–H and O–H groups in total. The van der Waals surface area contributed by atoms with Crippen molar-refractivity contribution in [2.75, 3.05) is 6.54 Å². The molecule has 0 unspecified atom stereocenters. The predicted molar refractivity (Wildman–Crippen MR) is 105 cm³/mol. The zero-order valence-electron chi connectivity index (χ0n) is 15.9. The fourth-order valence-electron chi connectivity index (χ4n) is 2.63. The number of ether oxygens (including phenoxy) is 1. The number of amides is 1. The van der Waals surface area contributed by atoms with Crippen LogP contribution in [-0.2, 0) is 27.3 Å². The highest BCUT2D eigenvalue weighted by molar-refractivity contribution is 5.83. The van der Waals surface area contributed by atoms with E-state index in [2.05, 4.69) is 10.4 Å². The number of aromatic nitrogens is 2. The van der Waals surface area contributed by atoms with Crippen molar-refractivity contribution in [3.63, 3.8) is 0 Å². The minimum absolute atomic E-state index is 0.107. The molecule has 29 heavy (non-hydrogen) atoms. The van der Waals surface area contributed by atoms with Crippen LogP contribution in [0, 0.1) is 0 Å². The van der Waals surface area contributed by atoms with E-state index in [-0.39, 0.29) is 5.89 Å². The second-order valence-corrected chi connectivity index (χ2v) is 6.36. The number of hydrogen-bond acceptors (Lipinski definition) is 6. The molecule has 0 aliphatic carbocycles. The molecule has 150 valence electrons. The van der Waals surface area contributed by atoms with Gasteiger partial charge in [-0.2, -0.15) is 4.68 Å². The summed E-state index contributed by atoms with van der Waals surface area (Å²) in [5.74, 6) is -1.84. The maximum atomic E-state index is 12.1. The lowest BCUT2D eigenvalue weighted by molar-refractivity contribution is -0.155. The third kappa shape index (κ3) is 5.65. The SMILES string of the molecule is C[C@@H](OC(=O)Cn1nc(-c2ccccc2)oc1=O)C(=O)NCCc1ccccc1. The Balaban J connectivity index is 1.49. The van der Waals surface area contributed by atoms with Gasteiger partial charge in [0.25, 0.3) is 5.91 Å². The van der Waals surface area contributed by atoms with Crippen LogP contribution in [0.25, 0.3) is 11.5 Å². The van der Waals surface area contributed by atoms with E-state index in [1.165, 1.54) is 6.92 Å². The number of esters is 1. The fourth-order valence-corrected chi connectivity index (χ4v) is 2.63. The summed E-state index contributed by atoms with van der Waals surface area (Å²) < 4.78 is 11.0. The minimum atomic E-state index is -0.991. The molecule has 1 amide bonds. The largest absolute Gasteiger partial charge is 0.451 e. The first-order valence-corrected chi connectivity index (χ1v) is 9.17. The first-order valence-electron chi connectivity index (χ1n) is 9.17. The second kappa shape index (κ2) is 9.50. The molecule has 1 atom stereocenters. The highest BCUT2D eigenvalue weighted by atomic mass is 16.5. The second-order valence-electron chi connectivity index (χ2n) is 6.36. The van der Waals surface area contributed by atoms with Gasteiger partial charge in [0.1, 0.15) is 6.54 Å². The van der Waals surface area contributed by atoms with Crippen molar-refractivity contribution in [1.82, 2.24) is 15.1 Å². The van der Waals surface area contributed by atoms with Crippen molar-refractivity contribution in [2.45, 2.75) is 26.0 Å². The van der Waals surface area contributed by atoms with Gasteiger partial charge in [-0.05, 0) is 31.0 Å². The van der Waals surface area contributed by atoms with E-state index in [1.807, 2.05) is 36.4 Å². The fraction of sp³-hybridized carbons (Fsp3) is 0.238. The molecule has 0 spiro atoms. The summed E-state index contributed by atoms with van der Waals surface area (Å²) in [6.07, 6.45) is -0.321. The van der Waals surface area contributed by atoms with Crippen LogP contribution in [0.15, 0.2) is 69.9 Å². The Morgan fingerprint density at radius 3 is 2.45 bits per heavy atom. The number of hydrogen-bond donors (Lipinski definition) is 1. The van der Waals surface area contributed by atoms with Gasteiger partial charge in [0.15, 0.2) is 6.10 Å². The van der Waals surface area contributed by atoms with Gasteiger partial charge < -0.3 is 14.5 Å². The number of nitrogens with zero attached hydrogens (tertiary/aromatic N) is 2. The molecule has 0 saturated heterocycles. The van der Waals surface area contributed by atoms with Crippen molar-refractivity contribution < 1.29 is 18.7 Å². The van der Waals surface area contributed by atoms with E-state index in [9.17, 15) is 14.4 Å². The van der Waals surface area contributed by atoms with E-state index in [1.54, 1.807) is 24.3 Å². The van der Waals surface area contributed by atoms with Crippen molar-refractivity contribution in [1.29, 1.82) is 0 Å². The zero-order chi connectivity index (χ0) is 20.6. The normalized spacial score (nSPS) is 11.6. The van der Waals surface area contributed by atoms with Crippen molar-refractivity contribution in [2.24, 2.45) is 0 Å². The first-order chi connectivity index (χ1) is 14.0. The molecule has 8 heteroatoms. The highest BCUT2D eigenvalue weighted by Gasteiger charge is 2.20.